The Morgan fingerprint density at radius 1 is 0.463 bits per heavy atom. The molecule has 0 amide bonds. The van der Waals surface area contributed by atoms with Gasteiger partial charge in [-0.25, -0.2) is 0 Å². The lowest BCUT2D eigenvalue weighted by molar-refractivity contribution is 0.195. The van der Waals surface area contributed by atoms with Gasteiger partial charge in [-0.1, -0.05) is 183 Å². The molecule has 394 valence electrons. The summed E-state index contributed by atoms with van der Waals surface area (Å²) in [5, 5.41) is 4.50. The highest BCUT2D eigenvalue weighted by Crippen LogP contribution is 2.62. The third kappa shape index (κ3) is 6.42. The molecule has 5 heterocycles. The van der Waals surface area contributed by atoms with Crippen molar-refractivity contribution in [2.45, 2.75) is 128 Å². The molecule has 2 atom stereocenters. The first-order valence-electron chi connectivity index (χ1n) is 29.5. The van der Waals surface area contributed by atoms with Gasteiger partial charge in [0.05, 0.1) is 28.0 Å². The zero-order valence-corrected chi connectivity index (χ0v) is 47.7. The minimum Gasteiger partial charge on any atom is -0.456 e. The normalized spacial score (nSPS) is 20.5. The average Bonchev–Trinajstić information content (AvgIpc) is 2.22. The second kappa shape index (κ2) is 16.3. The Balaban J connectivity index is 1.11. The predicted molar refractivity (Wildman–Crippen MR) is 337 cm³/mol. The molecule has 6 heteroatoms. The summed E-state index contributed by atoms with van der Waals surface area (Å²) in [7, 11) is 0. The van der Waals surface area contributed by atoms with E-state index in [0.717, 1.165) is 86.6 Å². The van der Waals surface area contributed by atoms with Crippen LogP contribution in [0.25, 0.3) is 55.0 Å². The first-order valence-corrected chi connectivity index (χ1v) is 29.5. The summed E-state index contributed by atoms with van der Waals surface area (Å²) in [5.74, 6) is 0. The van der Waals surface area contributed by atoms with Gasteiger partial charge in [0.1, 0.15) is 16.7 Å². The first kappa shape index (κ1) is 48.0. The maximum absolute atomic E-state index is 7.40. The molecule has 2 aliphatic carbocycles. The fourth-order valence-electron chi connectivity index (χ4n) is 16.0. The number of hydrogen-bond acceptors (Lipinski definition) is 5. The van der Waals surface area contributed by atoms with Gasteiger partial charge in [-0.05, 0) is 154 Å². The van der Waals surface area contributed by atoms with Crippen LogP contribution in [-0.4, -0.2) is 12.3 Å². The SMILES string of the molecule is CC(C)(C)c1ccc(N2c3cc(N4c5ccccc5C5(C)CCCCC45C)cc4c3B(c3cc5c(cc3N4c3cccc4oc6ccccc6c34)C(C)(C)CCC5(C)C)c3ccc4c(oc5ccccc54)c32)c(-c2ccccc2)c1. The standard InChI is InChI=1S/C74H68BN3O2/c1-70(2,3)46-32-35-57(51(40-46)45-22-11-10-12-23-45)77-62-42-47(78-58-27-16-15-26-52(58)73(8)36-19-20-37-74(73,78)9)41-61-67(62)75(55-34-33-49-48-24-13-17-29-63(48)80-69(49)68(55)77)56-43-53-54(72(6,7)39-38-71(53,4)5)44-60(56)76(61)59-28-21-31-65-66(59)50-25-14-18-30-64(50)79-65/h10-18,21-35,40-44H,19-20,36-39H2,1-9H3. The lowest BCUT2D eigenvalue weighted by Crippen LogP contribution is -2.62. The van der Waals surface area contributed by atoms with Gasteiger partial charge in [0.15, 0.2) is 5.58 Å². The monoisotopic (exact) mass is 1040 g/mol. The average molecular weight is 1040 g/mol. The van der Waals surface area contributed by atoms with Gasteiger partial charge in [-0.15, -0.1) is 0 Å². The summed E-state index contributed by atoms with van der Waals surface area (Å²) in [5.41, 5.74) is 24.5. The summed E-state index contributed by atoms with van der Waals surface area (Å²) in [4.78, 5) is 8.13. The van der Waals surface area contributed by atoms with Crippen LogP contribution in [0.2, 0.25) is 0 Å². The molecule has 1 fully saturated rings. The smallest absolute Gasteiger partial charge is 0.252 e. The summed E-state index contributed by atoms with van der Waals surface area (Å²) in [6, 6.07) is 67.1. The summed E-state index contributed by atoms with van der Waals surface area (Å²) in [6.45, 7) is 21.9. The Morgan fingerprint density at radius 3 is 1.89 bits per heavy atom. The van der Waals surface area contributed by atoms with Gasteiger partial charge in [-0.3, -0.25) is 0 Å². The maximum atomic E-state index is 7.40. The molecule has 0 radical (unpaired) electrons. The van der Waals surface area contributed by atoms with Gasteiger partial charge in [0, 0.05) is 55.6 Å². The molecule has 9 aromatic carbocycles. The largest absolute Gasteiger partial charge is 0.456 e. The zero-order chi connectivity index (χ0) is 54.4. The van der Waals surface area contributed by atoms with Gasteiger partial charge < -0.3 is 23.5 Å². The number of rotatable bonds is 4. The molecule has 11 aromatic rings. The van der Waals surface area contributed by atoms with Gasteiger partial charge in [0.2, 0.25) is 0 Å². The van der Waals surface area contributed by atoms with E-state index in [1.165, 1.54) is 91.0 Å². The highest BCUT2D eigenvalue weighted by atomic mass is 16.3. The lowest BCUT2D eigenvalue weighted by Gasteiger charge is -2.51. The van der Waals surface area contributed by atoms with E-state index in [4.69, 9.17) is 8.83 Å². The second-order valence-electron chi connectivity index (χ2n) is 27.0. The van der Waals surface area contributed by atoms with E-state index in [-0.39, 0.29) is 33.9 Å². The summed E-state index contributed by atoms with van der Waals surface area (Å²) >= 11 is 0. The van der Waals surface area contributed by atoms with Crippen molar-refractivity contribution in [3.05, 3.63) is 198 Å². The first-order chi connectivity index (χ1) is 38.5. The van der Waals surface area contributed by atoms with E-state index in [9.17, 15) is 0 Å². The number of furan rings is 2. The summed E-state index contributed by atoms with van der Waals surface area (Å²) < 4.78 is 14.2. The molecular weight excluding hydrogens is 974 g/mol. The van der Waals surface area contributed by atoms with Crippen molar-refractivity contribution in [3.8, 4) is 11.1 Å². The van der Waals surface area contributed by atoms with Crippen LogP contribution in [0.15, 0.2) is 185 Å². The number of hydrogen-bond donors (Lipinski definition) is 0. The van der Waals surface area contributed by atoms with Crippen LogP contribution < -0.4 is 31.1 Å². The van der Waals surface area contributed by atoms with Gasteiger partial charge in [0.25, 0.3) is 6.71 Å². The molecule has 0 bridgehead atoms. The molecule has 5 nitrogen and oxygen atoms in total. The van der Waals surface area contributed by atoms with Crippen molar-refractivity contribution >= 4 is 112 Å². The van der Waals surface area contributed by atoms with Crippen LogP contribution in [0.1, 0.15) is 123 Å². The molecule has 5 aliphatic rings. The summed E-state index contributed by atoms with van der Waals surface area (Å²) in [6.07, 6.45) is 6.89. The van der Waals surface area contributed by atoms with Gasteiger partial charge in [-0.2, -0.15) is 0 Å². The number of nitrogens with zero attached hydrogens (tertiary/aromatic N) is 3. The molecule has 2 unspecified atom stereocenters. The van der Waals surface area contributed by atoms with Crippen LogP contribution in [-0.2, 0) is 21.7 Å². The van der Waals surface area contributed by atoms with Crippen LogP contribution in [0.4, 0.5) is 45.5 Å². The molecule has 3 aliphatic heterocycles. The number of para-hydroxylation sites is 3. The number of anilines is 8. The van der Waals surface area contributed by atoms with E-state index in [1.807, 2.05) is 0 Å². The Hall–Kier alpha value is -7.96. The van der Waals surface area contributed by atoms with Crippen molar-refractivity contribution in [2.75, 3.05) is 14.7 Å². The van der Waals surface area contributed by atoms with Gasteiger partial charge >= 0.3 is 0 Å². The molecule has 1 saturated carbocycles. The Labute approximate surface area is 470 Å². The number of benzene rings is 9. The molecule has 0 spiro atoms. The molecular formula is C74H68BN3O2. The maximum Gasteiger partial charge on any atom is 0.252 e. The second-order valence-corrected chi connectivity index (χ2v) is 27.0. The molecule has 0 saturated heterocycles. The highest BCUT2D eigenvalue weighted by Gasteiger charge is 2.58. The minimum absolute atomic E-state index is 0.0324. The van der Waals surface area contributed by atoms with E-state index in [1.54, 1.807) is 0 Å². The van der Waals surface area contributed by atoms with Crippen molar-refractivity contribution in [1.82, 2.24) is 0 Å². The Morgan fingerprint density at radius 2 is 1.11 bits per heavy atom. The fourth-order valence-corrected chi connectivity index (χ4v) is 16.0. The molecule has 2 aromatic heterocycles. The van der Waals surface area contributed by atoms with Crippen LogP contribution in [0, 0.1) is 0 Å². The zero-order valence-electron chi connectivity index (χ0n) is 47.7. The molecule has 80 heavy (non-hydrogen) atoms. The minimum atomic E-state index is -0.199. The topological polar surface area (TPSA) is 36.0 Å². The Bertz CT molecular complexity index is 4440. The third-order valence-electron chi connectivity index (χ3n) is 20.6. The quantitative estimate of drug-likeness (QED) is 0.164. The van der Waals surface area contributed by atoms with Crippen molar-refractivity contribution < 1.29 is 8.83 Å². The number of fused-ring (bicyclic) bond motifs is 15. The molecule has 0 N–H and O–H groups in total. The lowest BCUT2D eigenvalue weighted by atomic mass is 9.33. The van der Waals surface area contributed by atoms with Crippen molar-refractivity contribution in [1.29, 1.82) is 0 Å². The predicted octanol–water partition coefficient (Wildman–Crippen LogP) is 18.6. The Kier molecular flexibility index (Phi) is 9.80. The van der Waals surface area contributed by atoms with Crippen LogP contribution in [0.5, 0.6) is 0 Å². The van der Waals surface area contributed by atoms with Crippen molar-refractivity contribution in [3.63, 3.8) is 0 Å². The van der Waals surface area contributed by atoms with Crippen LogP contribution >= 0.6 is 0 Å². The van der Waals surface area contributed by atoms with E-state index < -0.39 is 0 Å². The van der Waals surface area contributed by atoms with E-state index >= 15 is 0 Å². The third-order valence-corrected chi connectivity index (χ3v) is 20.6. The highest BCUT2D eigenvalue weighted by molar-refractivity contribution is 7.00. The van der Waals surface area contributed by atoms with E-state index in [2.05, 4.69) is 253 Å². The van der Waals surface area contributed by atoms with Crippen molar-refractivity contribution in [2.24, 2.45) is 0 Å². The fraction of sp³-hybridized carbons (Fsp3) is 0.270. The van der Waals surface area contributed by atoms with E-state index in [0.29, 0.717) is 0 Å². The molecule has 16 rings (SSSR count). The van der Waals surface area contributed by atoms with Crippen LogP contribution in [0.3, 0.4) is 0 Å².